The first-order chi connectivity index (χ1) is 8.06. The third-order valence-electron chi connectivity index (χ3n) is 2.11. The standard InChI is InChI=1S/C11H12ClNO4/c1-2-3-6-17-11(14)8-4-5-9(12)10(7-8)13(15)16/h4-5,7H,2-3,6H2,1H3. The quantitative estimate of drug-likeness (QED) is 0.351. The van der Waals surface area contributed by atoms with Gasteiger partial charge in [-0.15, -0.1) is 0 Å². The van der Waals surface area contributed by atoms with E-state index in [1.165, 1.54) is 12.1 Å². The largest absolute Gasteiger partial charge is 0.462 e. The highest BCUT2D eigenvalue weighted by atomic mass is 35.5. The van der Waals surface area contributed by atoms with Gasteiger partial charge >= 0.3 is 5.97 Å². The summed E-state index contributed by atoms with van der Waals surface area (Å²) in [5.74, 6) is -0.571. The van der Waals surface area contributed by atoms with Gasteiger partial charge in [-0.25, -0.2) is 4.79 Å². The van der Waals surface area contributed by atoms with Crippen LogP contribution in [0.3, 0.4) is 0 Å². The molecule has 0 aromatic heterocycles. The van der Waals surface area contributed by atoms with Crippen molar-refractivity contribution >= 4 is 23.3 Å². The SMILES string of the molecule is CCCCOC(=O)c1ccc(Cl)c([N+](=O)[O-])c1. The van der Waals surface area contributed by atoms with E-state index in [1.807, 2.05) is 6.92 Å². The fourth-order valence-electron chi connectivity index (χ4n) is 1.17. The van der Waals surface area contributed by atoms with Gasteiger partial charge in [0.2, 0.25) is 0 Å². The Hall–Kier alpha value is -1.62. The lowest BCUT2D eigenvalue weighted by Crippen LogP contribution is -2.06. The fraction of sp³-hybridized carbons (Fsp3) is 0.364. The van der Waals surface area contributed by atoms with E-state index in [2.05, 4.69) is 0 Å². The molecule has 1 aromatic rings. The number of hydrogen-bond acceptors (Lipinski definition) is 4. The molecule has 6 heteroatoms. The summed E-state index contributed by atoms with van der Waals surface area (Å²) in [4.78, 5) is 21.5. The molecule has 0 saturated carbocycles. The van der Waals surface area contributed by atoms with Crippen LogP contribution in [0.15, 0.2) is 18.2 Å². The number of nitro groups is 1. The number of nitrogens with zero attached hydrogens (tertiary/aromatic N) is 1. The third kappa shape index (κ3) is 3.71. The Balaban J connectivity index is 2.81. The van der Waals surface area contributed by atoms with Crippen LogP contribution in [0, 0.1) is 10.1 Å². The second-order valence-corrected chi connectivity index (χ2v) is 3.82. The highest BCUT2D eigenvalue weighted by Crippen LogP contribution is 2.25. The normalized spacial score (nSPS) is 10.0. The first-order valence-electron chi connectivity index (χ1n) is 5.17. The van der Waals surface area contributed by atoms with Crippen LogP contribution < -0.4 is 0 Å². The molecule has 0 atom stereocenters. The summed E-state index contributed by atoms with van der Waals surface area (Å²) in [6.07, 6.45) is 1.68. The average Bonchev–Trinajstić information content (AvgIpc) is 2.29. The molecule has 0 saturated heterocycles. The van der Waals surface area contributed by atoms with E-state index in [-0.39, 0.29) is 16.3 Å². The second kappa shape index (κ2) is 6.20. The monoisotopic (exact) mass is 257 g/mol. The van der Waals surface area contributed by atoms with Crippen molar-refractivity contribution in [2.45, 2.75) is 19.8 Å². The lowest BCUT2D eigenvalue weighted by molar-refractivity contribution is -0.384. The number of benzene rings is 1. The summed E-state index contributed by atoms with van der Waals surface area (Å²) in [7, 11) is 0. The number of ether oxygens (including phenoxy) is 1. The van der Waals surface area contributed by atoms with Gasteiger partial charge in [-0.3, -0.25) is 10.1 Å². The zero-order valence-electron chi connectivity index (χ0n) is 9.31. The lowest BCUT2D eigenvalue weighted by Gasteiger charge is -2.04. The predicted octanol–water partition coefficient (Wildman–Crippen LogP) is 3.21. The summed E-state index contributed by atoms with van der Waals surface area (Å²) in [5, 5.41) is 10.6. The smallest absolute Gasteiger partial charge is 0.338 e. The molecule has 5 nitrogen and oxygen atoms in total. The average molecular weight is 258 g/mol. The van der Waals surface area contributed by atoms with Gasteiger partial charge in [0.15, 0.2) is 0 Å². The van der Waals surface area contributed by atoms with E-state index < -0.39 is 10.9 Å². The third-order valence-corrected chi connectivity index (χ3v) is 2.43. The Morgan fingerprint density at radius 2 is 2.24 bits per heavy atom. The fourth-order valence-corrected chi connectivity index (χ4v) is 1.36. The molecule has 0 aliphatic carbocycles. The van der Waals surface area contributed by atoms with Gasteiger partial charge in [-0.1, -0.05) is 24.9 Å². The number of rotatable bonds is 5. The number of hydrogen-bond donors (Lipinski definition) is 0. The molecule has 1 aromatic carbocycles. The van der Waals surface area contributed by atoms with E-state index in [9.17, 15) is 14.9 Å². The van der Waals surface area contributed by atoms with E-state index >= 15 is 0 Å². The zero-order valence-corrected chi connectivity index (χ0v) is 10.1. The van der Waals surface area contributed by atoms with Crippen LogP contribution in [-0.2, 0) is 4.74 Å². The van der Waals surface area contributed by atoms with Crippen LogP contribution >= 0.6 is 11.6 Å². The minimum absolute atomic E-state index is 0.000100. The van der Waals surface area contributed by atoms with Gasteiger partial charge in [0, 0.05) is 6.07 Å². The Morgan fingerprint density at radius 1 is 1.53 bits per heavy atom. The van der Waals surface area contributed by atoms with Crippen LogP contribution in [0.1, 0.15) is 30.1 Å². The number of halogens is 1. The van der Waals surface area contributed by atoms with Crippen molar-refractivity contribution in [1.82, 2.24) is 0 Å². The minimum atomic E-state index is -0.634. The molecule has 0 heterocycles. The van der Waals surface area contributed by atoms with E-state index in [0.29, 0.717) is 6.61 Å². The number of carbonyl (C=O) groups excluding carboxylic acids is 1. The van der Waals surface area contributed by atoms with E-state index in [0.717, 1.165) is 18.9 Å². The van der Waals surface area contributed by atoms with Crippen LogP contribution in [0.2, 0.25) is 5.02 Å². The number of unbranched alkanes of at least 4 members (excludes halogenated alkanes) is 1. The molecule has 0 N–H and O–H groups in total. The Kier molecular flexibility index (Phi) is 4.90. The molecule has 0 spiro atoms. The summed E-state index contributed by atoms with van der Waals surface area (Å²) in [6.45, 7) is 2.28. The van der Waals surface area contributed by atoms with Gasteiger partial charge in [0.05, 0.1) is 17.1 Å². The number of esters is 1. The van der Waals surface area contributed by atoms with Crippen molar-refractivity contribution in [2.75, 3.05) is 6.61 Å². The first-order valence-corrected chi connectivity index (χ1v) is 5.55. The number of carbonyl (C=O) groups is 1. The maximum absolute atomic E-state index is 11.5. The predicted molar refractivity (Wildman–Crippen MR) is 63.3 cm³/mol. The van der Waals surface area contributed by atoms with Gasteiger partial charge in [0.25, 0.3) is 5.69 Å². The maximum atomic E-state index is 11.5. The van der Waals surface area contributed by atoms with Crippen molar-refractivity contribution in [3.05, 3.63) is 38.9 Å². The molecular formula is C11H12ClNO4. The minimum Gasteiger partial charge on any atom is -0.462 e. The molecule has 0 fully saturated rings. The number of nitro benzene ring substituents is 1. The lowest BCUT2D eigenvalue weighted by atomic mass is 10.2. The molecule has 0 aliphatic rings. The maximum Gasteiger partial charge on any atom is 0.338 e. The zero-order chi connectivity index (χ0) is 12.8. The van der Waals surface area contributed by atoms with Gasteiger partial charge in [-0.05, 0) is 18.6 Å². The Bertz CT molecular complexity index is 433. The molecule has 92 valence electrons. The molecule has 1 rings (SSSR count). The molecule has 0 aliphatic heterocycles. The van der Waals surface area contributed by atoms with Crippen LogP contribution in [0.5, 0.6) is 0 Å². The van der Waals surface area contributed by atoms with Crippen molar-refractivity contribution in [2.24, 2.45) is 0 Å². The Morgan fingerprint density at radius 3 is 2.82 bits per heavy atom. The molecular weight excluding hydrogens is 246 g/mol. The summed E-state index contributed by atoms with van der Waals surface area (Å²) < 4.78 is 4.94. The van der Waals surface area contributed by atoms with Gasteiger partial charge < -0.3 is 4.74 Å². The van der Waals surface area contributed by atoms with E-state index in [4.69, 9.17) is 16.3 Å². The van der Waals surface area contributed by atoms with Crippen molar-refractivity contribution in [3.8, 4) is 0 Å². The van der Waals surface area contributed by atoms with Crippen LogP contribution in [0.25, 0.3) is 0 Å². The van der Waals surface area contributed by atoms with Gasteiger partial charge in [0.1, 0.15) is 5.02 Å². The van der Waals surface area contributed by atoms with Crippen molar-refractivity contribution in [1.29, 1.82) is 0 Å². The summed E-state index contributed by atoms with van der Waals surface area (Å²) in [5.41, 5.74) is -0.159. The summed E-state index contributed by atoms with van der Waals surface area (Å²) >= 11 is 5.63. The van der Waals surface area contributed by atoms with Gasteiger partial charge in [-0.2, -0.15) is 0 Å². The second-order valence-electron chi connectivity index (χ2n) is 3.41. The summed E-state index contributed by atoms with van der Waals surface area (Å²) in [6, 6.07) is 3.84. The molecule has 0 bridgehead atoms. The topological polar surface area (TPSA) is 69.4 Å². The Labute approximate surface area is 103 Å². The molecule has 0 unspecified atom stereocenters. The van der Waals surface area contributed by atoms with Crippen LogP contribution in [0.4, 0.5) is 5.69 Å². The molecule has 0 amide bonds. The van der Waals surface area contributed by atoms with Crippen molar-refractivity contribution < 1.29 is 14.5 Å². The first kappa shape index (κ1) is 13.4. The molecule has 0 radical (unpaired) electrons. The highest BCUT2D eigenvalue weighted by Gasteiger charge is 2.16. The molecule has 17 heavy (non-hydrogen) atoms. The highest BCUT2D eigenvalue weighted by molar-refractivity contribution is 6.32. The van der Waals surface area contributed by atoms with Crippen LogP contribution in [-0.4, -0.2) is 17.5 Å². The van der Waals surface area contributed by atoms with E-state index in [1.54, 1.807) is 0 Å². The van der Waals surface area contributed by atoms with Crippen molar-refractivity contribution in [3.63, 3.8) is 0 Å².